The van der Waals surface area contributed by atoms with Crippen molar-refractivity contribution in [3.8, 4) is 5.75 Å². The smallest absolute Gasteiger partial charge is 0.228 e. The van der Waals surface area contributed by atoms with Gasteiger partial charge in [-0.1, -0.05) is 48.0 Å². The third-order valence-corrected chi connectivity index (χ3v) is 5.37. The Labute approximate surface area is 141 Å². The van der Waals surface area contributed by atoms with Gasteiger partial charge in [0.2, 0.25) is 5.91 Å². The molecular formula is C19H21NO2S. The van der Waals surface area contributed by atoms with Crippen molar-refractivity contribution >= 4 is 17.7 Å². The summed E-state index contributed by atoms with van der Waals surface area (Å²) in [5.41, 5.74) is 3.38. The summed E-state index contributed by atoms with van der Waals surface area (Å²) in [7, 11) is 1.64. The first-order chi connectivity index (χ1) is 11.2. The Morgan fingerprint density at radius 1 is 1.22 bits per heavy atom. The number of ether oxygens (including phenoxy) is 1. The standard InChI is InChI=1S/C19H21NO2S/c1-14-7-9-15(10-8-14)19-20(11-12-23-19)18(21)13-16-5-3-4-6-17(16)22-2/h3-10,19H,11-13H2,1-2H3. The Bertz CT molecular complexity index is 684. The predicted octanol–water partition coefficient (Wildman–Crippen LogP) is 3.82. The monoisotopic (exact) mass is 327 g/mol. The fourth-order valence-corrected chi connectivity index (χ4v) is 4.12. The topological polar surface area (TPSA) is 29.5 Å². The Morgan fingerprint density at radius 2 is 1.96 bits per heavy atom. The number of rotatable bonds is 4. The lowest BCUT2D eigenvalue weighted by Crippen LogP contribution is -2.31. The number of carbonyl (C=O) groups is 1. The van der Waals surface area contributed by atoms with Crippen molar-refractivity contribution < 1.29 is 9.53 Å². The van der Waals surface area contributed by atoms with E-state index in [2.05, 4.69) is 31.2 Å². The molecule has 2 aromatic rings. The van der Waals surface area contributed by atoms with Crippen molar-refractivity contribution in [3.05, 3.63) is 65.2 Å². The number of hydrogen-bond donors (Lipinski definition) is 0. The molecule has 0 aromatic heterocycles. The summed E-state index contributed by atoms with van der Waals surface area (Å²) in [4.78, 5) is 14.8. The number of carbonyl (C=O) groups excluding carboxylic acids is 1. The molecule has 120 valence electrons. The highest BCUT2D eigenvalue weighted by Gasteiger charge is 2.30. The molecule has 1 aliphatic rings. The first kappa shape index (κ1) is 15.9. The lowest BCUT2D eigenvalue weighted by Gasteiger charge is -2.24. The van der Waals surface area contributed by atoms with Crippen LogP contribution in [0.1, 0.15) is 22.1 Å². The maximum atomic E-state index is 12.8. The molecular weight excluding hydrogens is 306 g/mol. The zero-order valence-electron chi connectivity index (χ0n) is 13.5. The summed E-state index contributed by atoms with van der Waals surface area (Å²) in [5.74, 6) is 1.92. The van der Waals surface area contributed by atoms with E-state index in [1.165, 1.54) is 11.1 Å². The Hall–Kier alpha value is -1.94. The van der Waals surface area contributed by atoms with Crippen LogP contribution in [0, 0.1) is 6.92 Å². The molecule has 0 bridgehead atoms. The minimum absolute atomic E-state index is 0.123. The van der Waals surface area contributed by atoms with Crippen LogP contribution < -0.4 is 4.74 Å². The van der Waals surface area contributed by atoms with Gasteiger partial charge in [0.05, 0.1) is 13.5 Å². The molecule has 1 amide bonds. The highest BCUT2D eigenvalue weighted by atomic mass is 32.2. The highest BCUT2D eigenvalue weighted by molar-refractivity contribution is 7.99. The van der Waals surface area contributed by atoms with E-state index < -0.39 is 0 Å². The molecule has 0 spiro atoms. The van der Waals surface area contributed by atoms with E-state index in [1.54, 1.807) is 7.11 Å². The molecule has 1 saturated heterocycles. The normalized spacial score (nSPS) is 17.3. The quantitative estimate of drug-likeness (QED) is 0.855. The molecule has 1 heterocycles. The van der Waals surface area contributed by atoms with Crippen molar-refractivity contribution in [2.24, 2.45) is 0 Å². The second kappa shape index (κ2) is 7.09. The molecule has 23 heavy (non-hydrogen) atoms. The molecule has 2 aromatic carbocycles. The molecule has 0 saturated carbocycles. The maximum absolute atomic E-state index is 12.8. The molecule has 3 rings (SSSR count). The van der Waals surface area contributed by atoms with E-state index in [-0.39, 0.29) is 11.3 Å². The number of benzene rings is 2. The fraction of sp³-hybridized carbons (Fsp3) is 0.316. The van der Waals surface area contributed by atoms with Crippen LogP contribution in [0.4, 0.5) is 0 Å². The predicted molar refractivity (Wildman–Crippen MR) is 94.8 cm³/mol. The first-order valence-corrected chi connectivity index (χ1v) is 8.83. The van der Waals surface area contributed by atoms with E-state index in [4.69, 9.17) is 4.74 Å². The summed E-state index contributed by atoms with van der Waals surface area (Å²) in [5, 5.41) is 0.123. The number of nitrogens with zero attached hydrogens (tertiary/aromatic N) is 1. The molecule has 1 atom stereocenters. The third kappa shape index (κ3) is 3.53. The summed E-state index contributed by atoms with van der Waals surface area (Å²) in [6.45, 7) is 2.88. The van der Waals surface area contributed by atoms with Crippen LogP contribution in [0.25, 0.3) is 0 Å². The molecule has 3 nitrogen and oxygen atoms in total. The van der Waals surface area contributed by atoms with Gasteiger partial charge in [0.15, 0.2) is 0 Å². The van der Waals surface area contributed by atoms with Gasteiger partial charge in [-0.2, -0.15) is 0 Å². The van der Waals surface area contributed by atoms with Crippen molar-refractivity contribution in [1.29, 1.82) is 0 Å². The highest BCUT2D eigenvalue weighted by Crippen LogP contribution is 2.38. The number of amides is 1. The van der Waals surface area contributed by atoms with Crippen LogP contribution in [0.3, 0.4) is 0 Å². The average molecular weight is 327 g/mol. The van der Waals surface area contributed by atoms with Crippen LogP contribution in [0.15, 0.2) is 48.5 Å². The van der Waals surface area contributed by atoms with Crippen molar-refractivity contribution in [2.75, 3.05) is 19.4 Å². The van der Waals surface area contributed by atoms with Gasteiger partial charge in [0.1, 0.15) is 11.1 Å². The molecule has 1 unspecified atom stereocenters. The lowest BCUT2D eigenvalue weighted by atomic mass is 10.1. The molecule has 1 fully saturated rings. The SMILES string of the molecule is COc1ccccc1CC(=O)N1CCSC1c1ccc(C)cc1. The van der Waals surface area contributed by atoms with Crippen molar-refractivity contribution in [3.63, 3.8) is 0 Å². The second-order valence-corrected chi connectivity index (χ2v) is 6.90. The van der Waals surface area contributed by atoms with Gasteiger partial charge in [-0.05, 0) is 18.6 Å². The van der Waals surface area contributed by atoms with Gasteiger partial charge in [0.25, 0.3) is 0 Å². The Balaban J connectivity index is 1.77. The summed E-state index contributed by atoms with van der Waals surface area (Å²) >= 11 is 1.83. The van der Waals surface area contributed by atoms with Crippen molar-refractivity contribution in [1.82, 2.24) is 4.90 Å². The van der Waals surface area contributed by atoms with Crippen LogP contribution >= 0.6 is 11.8 Å². The van der Waals surface area contributed by atoms with E-state index in [0.717, 1.165) is 23.6 Å². The van der Waals surface area contributed by atoms with Gasteiger partial charge < -0.3 is 9.64 Å². The van der Waals surface area contributed by atoms with Gasteiger partial charge in [-0.3, -0.25) is 4.79 Å². The molecule has 1 aliphatic heterocycles. The summed E-state index contributed by atoms with van der Waals surface area (Å²) in [6, 6.07) is 16.2. The fourth-order valence-electron chi connectivity index (χ4n) is 2.85. The maximum Gasteiger partial charge on any atom is 0.228 e. The molecule has 4 heteroatoms. The zero-order chi connectivity index (χ0) is 16.2. The number of thioether (sulfide) groups is 1. The second-order valence-electron chi connectivity index (χ2n) is 5.71. The van der Waals surface area contributed by atoms with Crippen molar-refractivity contribution in [2.45, 2.75) is 18.7 Å². The van der Waals surface area contributed by atoms with Crippen LogP contribution in [-0.2, 0) is 11.2 Å². The zero-order valence-corrected chi connectivity index (χ0v) is 14.3. The van der Waals surface area contributed by atoms with Gasteiger partial charge >= 0.3 is 0 Å². The number of aryl methyl sites for hydroxylation is 1. The molecule has 0 radical (unpaired) electrons. The number of hydrogen-bond acceptors (Lipinski definition) is 3. The van der Waals surface area contributed by atoms with E-state index in [1.807, 2.05) is 40.9 Å². The first-order valence-electron chi connectivity index (χ1n) is 7.78. The Morgan fingerprint density at radius 3 is 2.70 bits per heavy atom. The summed E-state index contributed by atoms with van der Waals surface area (Å²) < 4.78 is 5.36. The minimum Gasteiger partial charge on any atom is -0.496 e. The minimum atomic E-state index is 0.123. The van der Waals surface area contributed by atoms with E-state index in [0.29, 0.717) is 6.42 Å². The van der Waals surface area contributed by atoms with Crippen LogP contribution in [0.2, 0.25) is 0 Å². The van der Waals surface area contributed by atoms with Gasteiger partial charge in [-0.15, -0.1) is 11.8 Å². The van der Waals surface area contributed by atoms with Crippen LogP contribution in [0.5, 0.6) is 5.75 Å². The van der Waals surface area contributed by atoms with E-state index >= 15 is 0 Å². The molecule has 0 N–H and O–H groups in total. The molecule has 0 aliphatic carbocycles. The third-order valence-electron chi connectivity index (χ3n) is 4.11. The van der Waals surface area contributed by atoms with Gasteiger partial charge in [0, 0.05) is 17.9 Å². The number of methoxy groups -OCH3 is 1. The average Bonchev–Trinajstić information content (AvgIpc) is 3.06. The van der Waals surface area contributed by atoms with E-state index in [9.17, 15) is 4.79 Å². The van der Waals surface area contributed by atoms with Crippen LogP contribution in [-0.4, -0.2) is 30.2 Å². The summed E-state index contributed by atoms with van der Waals surface area (Å²) in [6.07, 6.45) is 0.382. The Kier molecular flexibility index (Phi) is 4.91. The number of para-hydroxylation sites is 1. The lowest BCUT2D eigenvalue weighted by molar-refractivity contribution is -0.130. The largest absolute Gasteiger partial charge is 0.496 e. The van der Waals surface area contributed by atoms with Gasteiger partial charge in [-0.25, -0.2) is 0 Å².